The summed E-state index contributed by atoms with van der Waals surface area (Å²) < 4.78 is 43.8. The number of benzene rings is 1. The van der Waals surface area contributed by atoms with Crippen molar-refractivity contribution in [1.82, 2.24) is 0 Å². The minimum Gasteiger partial charge on any atom is -0.491 e. The first-order chi connectivity index (χ1) is 18.2. The van der Waals surface area contributed by atoms with E-state index in [-0.39, 0.29) is 5.91 Å². The highest BCUT2D eigenvalue weighted by molar-refractivity contribution is 5.88. The molecule has 0 saturated carbocycles. The molecule has 0 aliphatic rings. The van der Waals surface area contributed by atoms with Crippen molar-refractivity contribution in [3.05, 3.63) is 24.3 Å². The zero-order chi connectivity index (χ0) is 26.7. The Morgan fingerprint density at radius 3 is 1.32 bits per heavy atom. The summed E-state index contributed by atoms with van der Waals surface area (Å²) in [6.07, 6.45) is 3.54. The molecule has 0 spiro atoms. The molecule has 0 aliphatic heterocycles. The van der Waals surface area contributed by atoms with E-state index in [0.29, 0.717) is 92.5 Å². The van der Waals surface area contributed by atoms with Gasteiger partial charge >= 0.3 is 0 Å². The maximum absolute atomic E-state index is 11.0. The first kappa shape index (κ1) is 33.2. The standard InChI is InChI=1S/C27H47NO9/c1-3-4-5-10-30-11-12-31-13-14-32-15-16-33-17-18-34-19-20-35-21-22-36-23-24-37-27-8-6-26(7-9-27)28-25(2)29/h6-9H,3-5,10-24H2,1-2H3,(H,28,29). The molecule has 10 nitrogen and oxygen atoms in total. The van der Waals surface area contributed by atoms with Gasteiger partial charge in [-0.2, -0.15) is 0 Å². The van der Waals surface area contributed by atoms with Crippen LogP contribution in [0.15, 0.2) is 24.3 Å². The molecular weight excluding hydrogens is 482 g/mol. The van der Waals surface area contributed by atoms with Gasteiger partial charge in [0.25, 0.3) is 0 Å². The van der Waals surface area contributed by atoms with Crippen LogP contribution in [0.25, 0.3) is 0 Å². The smallest absolute Gasteiger partial charge is 0.221 e. The molecule has 0 fully saturated rings. The van der Waals surface area contributed by atoms with Crippen LogP contribution in [0.3, 0.4) is 0 Å². The lowest BCUT2D eigenvalue weighted by Gasteiger charge is -2.09. The summed E-state index contributed by atoms with van der Waals surface area (Å²) in [5, 5.41) is 2.71. The summed E-state index contributed by atoms with van der Waals surface area (Å²) in [5.41, 5.74) is 0.738. The molecule has 1 aromatic rings. The predicted octanol–water partition coefficient (Wildman–Crippen LogP) is 3.33. The maximum Gasteiger partial charge on any atom is 0.221 e. The third-order valence-electron chi connectivity index (χ3n) is 4.80. The molecule has 214 valence electrons. The zero-order valence-corrected chi connectivity index (χ0v) is 22.7. The Morgan fingerprint density at radius 2 is 0.946 bits per heavy atom. The molecule has 37 heavy (non-hydrogen) atoms. The maximum atomic E-state index is 11.0. The van der Waals surface area contributed by atoms with E-state index in [4.69, 9.17) is 37.9 Å². The number of hydrogen-bond donors (Lipinski definition) is 1. The van der Waals surface area contributed by atoms with Crippen molar-refractivity contribution >= 4 is 11.6 Å². The third kappa shape index (κ3) is 23.1. The molecule has 10 heteroatoms. The van der Waals surface area contributed by atoms with Crippen molar-refractivity contribution in [2.45, 2.75) is 33.1 Å². The van der Waals surface area contributed by atoms with Gasteiger partial charge in [-0.25, -0.2) is 0 Å². The average Bonchev–Trinajstić information content (AvgIpc) is 2.89. The topological polar surface area (TPSA) is 103 Å². The second kappa shape index (κ2) is 25.8. The second-order valence-electron chi connectivity index (χ2n) is 8.05. The molecule has 0 saturated heterocycles. The van der Waals surface area contributed by atoms with Gasteiger partial charge in [0.15, 0.2) is 0 Å². The summed E-state index contributed by atoms with van der Waals surface area (Å²) in [5.74, 6) is 0.622. The fourth-order valence-electron chi connectivity index (χ4n) is 2.93. The Balaban J connectivity index is 1.71. The van der Waals surface area contributed by atoms with Crippen molar-refractivity contribution in [3.63, 3.8) is 0 Å². The van der Waals surface area contributed by atoms with Crippen molar-refractivity contribution in [1.29, 1.82) is 0 Å². The highest BCUT2D eigenvalue weighted by atomic mass is 16.6. The van der Waals surface area contributed by atoms with Gasteiger partial charge in [-0.3, -0.25) is 4.79 Å². The van der Waals surface area contributed by atoms with Crippen LogP contribution in [-0.4, -0.2) is 105 Å². The molecule has 0 radical (unpaired) electrons. The molecule has 0 aliphatic carbocycles. The Hall–Kier alpha value is -1.79. The quantitative estimate of drug-likeness (QED) is 0.172. The van der Waals surface area contributed by atoms with Crippen LogP contribution in [0.4, 0.5) is 5.69 Å². The van der Waals surface area contributed by atoms with Gasteiger partial charge in [0.2, 0.25) is 5.91 Å². The van der Waals surface area contributed by atoms with Gasteiger partial charge in [0, 0.05) is 19.2 Å². The van der Waals surface area contributed by atoms with E-state index < -0.39 is 0 Å². The average molecular weight is 530 g/mol. The fraction of sp³-hybridized carbons (Fsp3) is 0.741. The zero-order valence-electron chi connectivity index (χ0n) is 22.7. The summed E-state index contributed by atoms with van der Waals surface area (Å²) >= 11 is 0. The first-order valence-electron chi connectivity index (χ1n) is 13.3. The Morgan fingerprint density at radius 1 is 0.568 bits per heavy atom. The molecule has 0 unspecified atom stereocenters. The fourth-order valence-corrected chi connectivity index (χ4v) is 2.93. The normalized spacial score (nSPS) is 11.1. The van der Waals surface area contributed by atoms with E-state index >= 15 is 0 Å². The van der Waals surface area contributed by atoms with Crippen LogP contribution >= 0.6 is 0 Å². The highest BCUT2D eigenvalue weighted by Gasteiger charge is 1.98. The molecule has 0 atom stereocenters. The minimum absolute atomic E-state index is 0.102. The van der Waals surface area contributed by atoms with Crippen LogP contribution in [0.1, 0.15) is 33.1 Å². The number of carbonyl (C=O) groups excluding carboxylic acids is 1. The van der Waals surface area contributed by atoms with Crippen LogP contribution in [0.5, 0.6) is 5.75 Å². The number of anilines is 1. The molecule has 0 heterocycles. The summed E-state index contributed by atoms with van der Waals surface area (Å²) in [6.45, 7) is 11.9. The second-order valence-corrected chi connectivity index (χ2v) is 8.05. The molecule has 1 rings (SSSR count). The SMILES string of the molecule is CCCCCOCCOCCOCCOCCOCCOCCOCCOc1ccc(NC(C)=O)cc1. The number of carbonyl (C=O) groups is 1. The number of unbranched alkanes of at least 4 members (excludes halogenated alkanes) is 2. The first-order valence-corrected chi connectivity index (χ1v) is 13.3. The van der Waals surface area contributed by atoms with Crippen LogP contribution < -0.4 is 10.1 Å². The summed E-state index contributed by atoms with van der Waals surface area (Å²) in [6, 6.07) is 7.19. The monoisotopic (exact) mass is 529 g/mol. The van der Waals surface area contributed by atoms with Gasteiger partial charge in [-0.15, -0.1) is 0 Å². The van der Waals surface area contributed by atoms with Gasteiger partial charge in [-0.05, 0) is 30.7 Å². The number of hydrogen-bond acceptors (Lipinski definition) is 9. The van der Waals surface area contributed by atoms with Gasteiger partial charge < -0.3 is 43.2 Å². The largest absolute Gasteiger partial charge is 0.491 e. The molecule has 1 amide bonds. The molecular formula is C27H47NO9. The van der Waals surface area contributed by atoms with E-state index in [0.717, 1.165) is 24.5 Å². The van der Waals surface area contributed by atoms with Crippen molar-refractivity contribution in [2.75, 3.05) is 104 Å². The summed E-state index contributed by atoms with van der Waals surface area (Å²) in [4.78, 5) is 11.0. The van der Waals surface area contributed by atoms with Crippen LogP contribution in [-0.2, 0) is 38.0 Å². The Labute approximate surface area is 222 Å². The van der Waals surface area contributed by atoms with Gasteiger partial charge in [-0.1, -0.05) is 19.8 Å². The number of rotatable bonds is 27. The van der Waals surface area contributed by atoms with E-state index in [1.807, 2.05) is 0 Å². The van der Waals surface area contributed by atoms with Crippen molar-refractivity contribution in [2.24, 2.45) is 0 Å². The Kier molecular flexibility index (Phi) is 23.2. The van der Waals surface area contributed by atoms with Crippen LogP contribution in [0, 0.1) is 0 Å². The molecule has 1 aromatic carbocycles. The minimum atomic E-state index is -0.102. The van der Waals surface area contributed by atoms with Crippen molar-refractivity contribution < 1.29 is 42.7 Å². The third-order valence-corrected chi connectivity index (χ3v) is 4.80. The number of ether oxygens (including phenoxy) is 8. The predicted molar refractivity (Wildman–Crippen MR) is 141 cm³/mol. The lowest BCUT2D eigenvalue weighted by Crippen LogP contribution is -2.15. The lowest BCUT2D eigenvalue weighted by molar-refractivity contribution is -0.114. The Bertz CT molecular complexity index is 631. The van der Waals surface area contributed by atoms with Crippen molar-refractivity contribution in [3.8, 4) is 5.75 Å². The molecule has 1 N–H and O–H groups in total. The summed E-state index contributed by atoms with van der Waals surface area (Å²) in [7, 11) is 0. The van der Waals surface area contributed by atoms with Gasteiger partial charge in [0.05, 0.1) is 85.9 Å². The molecule has 0 bridgehead atoms. The molecule has 0 aromatic heterocycles. The van der Waals surface area contributed by atoms with E-state index in [9.17, 15) is 4.79 Å². The van der Waals surface area contributed by atoms with E-state index in [2.05, 4.69) is 12.2 Å². The highest BCUT2D eigenvalue weighted by Crippen LogP contribution is 2.15. The van der Waals surface area contributed by atoms with Crippen LogP contribution in [0.2, 0.25) is 0 Å². The number of amides is 1. The van der Waals surface area contributed by atoms with Gasteiger partial charge in [0.1, 0.15) is 12.4 Å². The van der Waals surface area contributed by atoms with E-state index in [1.54, 1.807) is 24.3 Å². The number of nitrogens with one attached hydrogen (secondary N) is 1. The van der Waals surface area contributed by atoms with E-state index in [1.165, 1.54) is 19.8 Å². The lowest BCUT2D eigenvalue weighted by atomic mass is 10.3.